The van der Waals surface area contributed by atoms with Crippen molar-refractivity contribution in [1.82, 2.24) is 20.4 Å². The van der Waals surface area contributed by atoms with Crippen molar-refractivity contribution >= 4 is 21.8 Å². The Labute approximate surface area is 219 Å². The third-order valence-corrected chi connectivity index (χ3v) is 7.27. The van der Waals surface area contributed by atoms with Crippen LogP contribution in [0, 0.1) is 5.92 Å². The second-order valence-corrected chi connectivity index (χ2v) is 11.0. The predicted octanol–water partition coefficient (Wildman–Crippen LogP) is 5.14. The average molecular weight is 555 g/mol. The number of nitrogens with one attached hydrogen (secondary N) is 1. The van der Waals surface area contributed by atoms with E-state index in [1.807, 2.05) is 56.3 Å². The lowest BCUT2D eigenvalue weighted by atomic mass is 9.88. The van der Waals surface area contributed by atoms with E-state index in [-0.39, 0.29) is 23.5 Å². The van der Waals surface area contributed by atoms with Gasteiger partial charge in [0.15, 0.2) is 0 Å². The molecule has 9 heteroatoms. The van der Waals surface area contributed by atoms with Crippen LogP contribution in [-0.2, 0) is 11.3 Å². The molecule has 0 radical (unpaired) electrons. The van der Waals surface area contributed by atoms with Gasteiger partial charge in [-0.2, -0.15) is 4.98 Å². The Bertz CT molecular complexity index is 1240. The average Bonchev–Trinajstić information content (AvgIpc) is 3.31. The predicted molar refractivity (Wildman–Crippen MR) is 139 cm³/mol. The van der Waals surface area contributed by atoms with Crippen molar-refractivity contribution in [2.45, 2.75) is 51.3 Å². The fraction of sp³-hybridized carbons (Fsp3) is 0.444. The number of nitrogens with zero attached hydrogens (tertiary/aromatic N) is 3. The fourth-order valence-corrected chi connectivity index (χ4v) is 5.44. The zero-order chi connectivity index (χ0) is 25.3. The number of rotatable bonds is 6. The van der Waals surface area contributed by atoms with E-state index in [0.717, 1.165) is 46.5 Å². The highest BCUT2D eigenvalue weighted by Crippen LogP contribution is 2.41. The first-order valence-electron chi connectivity index (χ1n) is 12.3. The van der Waals surface area contributed by atoms with Gasteiger partial charge in [0, 0.05) is 34.6 Å². The van der Waals surface area contributed by atoms with Crippen LogP contribution in [0.3, 0.4) is 0 Å². The number of likely N-dealkylation sites (tertiary alicyclic amines) is 1. The smallest absolute Gasteiger partial charge is 0.241 e. The van der Waals surface area contributed by atoms with Gasteiger partial charge in [-0.15, -0.1) is 0 Å². The van der Waals surface area contributed by atoms with E-state index in [9.17, 15) is 4.79 Å². The number of hydrogen-bond donors (Lipinski definition) is 1. The van der Waals surface area contributed by atoms with Crippen LogP contribution in [0.4, 0.5) is 0 Å². The van der Waals surface area contributed by atoms with Crippen LogP contribution < -0.4 is 14.8 Å². The van der Waals surface area contributed by atoms with Crippen LogP contribution in [0.2, 0.25) is 0 Å². The molecule has 0 aliphatic carbocycles. The summed E-state index contributed by atoms with van der Waals surface area (Å²) < 4.78 is 18.0. The van der Waals surface area contributed by atoms with Gasteiger partial charge in [-0.3, -0.25) is 9.69 Å². The molecule has 0 saturated carbocycles. The van der Waals surface area contributed by atoms with E-state index < -0.39 is 0 Å². The third kappa shape index (κ3) is 5.57. The zero-order valence-electron chi connectivity index (χ0n) is 20.8. The van der Waals surface area contributed by atoms with Crippen molar-refractivity contribution in [2.75, 3.05) is 20.2 Å². The van der Waals surface area contributed by atoms with Crippen LogP contribution in [0.25, 0.3) is 11.4 Å². The summed E-state index contributed by atoms with van der Waals surface area (Å²) in [5.41, 5.74) is 1.49. The highest BCUT2D eigenvalue weighted by atomic mass is 79.9. The highest BCUT2D eigenvalue weighted by molar-refractivity contribution is 9.10. The molecule has 2 atom stereocenters. The number of fused-ring (bicyclic) bond motifs is 1. The van der Waals surface area contributed by atoms with Gasteiger partial charge in [0.25, 0.3) is 0 Å². The molecule has 2 aliphatic rings. The lowest BCUT2D eigenvalue weighted by Crippen LogP contribution is -2.46. The number of methoxy groups -OCH3 is 1. The molecule has 36 heavy (non-hydrogen) atoms. The minimum absolute atomic E-state index is 0.0736. The number of benzene rings is 2. The first-order valence-corrected chi connectivity index (χ1v) is 13.1. The summed E-state index contributed by atoms with van der Waals surface area (Å²) in [4.78, 5) is 20.2. The number of halogens is 1. The summed E-state index contributed by atoms with van der Waals surface area (Å²) in [5.74, 6) is 2.60. The monoisotopic (exact) mass is 554 g/mol. The normalized spacial score (nSPS) is 21.3. The fourth-order valence-electron chi connectivity index (χ4n) is 5.05. The lowest BCUT2D eigenvalue weighted by Gasteiger charge is -2.39. The molecule has 3 aromatic rings. The summed E-state index contributed by atoms with van der Waals surface area (Å²) >= 11 is 3.48. The number of piperidine rings is 1. The lowest BCUT2D eigenvalue weighted by molar-refractivity contribution is -0.128. The first-order chi connectivity index (χ1) is 17.3. The quantitative estimate of drug-likeness (QED) is 0.451. The van der Waals surface area contributed by atoms with Gasteiger partial charge in [0.05, 0.1) is 25.6 Å². The first kappa shape index (κ1) is 24.8. The molecule has 5 rings (SSSR count). The van der Waals surface area contributed by atoms with Gasteiger partial charge < -0.3 is 19.3 Å². The molecule has 2 aromatic carbocycles. The van der Waals surface area contributed by atoms with E-state index in [1.165, 1.54) is 0 Å². The maximum atomic E-state index is 13.4. The molecule has 1 fully saturated rings. The maximum absolute atomic E-state index is 13.4. The Hall–Kier alpha value is -2.91. The van der Waals surface area contributed by atoms with Crippen molar-refractivity contribution in [3.8, 4) is 22.9 Å². The number of carbonyl (C=O) groups excluding carboxylic acids is 1. The molecule has 3 heterocycles. The van der Waals surface area contributed by atoms with Crippen LogP contribution in [0.1, 0.15) is 50.6 Å². The summed E-state index contributed by atoms with van der Waals surface area (Å²) in [6.45, 7) is 6.17. The summed E-state index contributed by atoms with van der Waals surface area (Å²) in [6.07, 6.45) is 2.50. The van der Waals surface area contributed by atoms with E-state index in [2.05, 4.69) is 36.3 Å². The largest absolute Gasteiger partial charge is 0.497 e. The second kappa shape index (κ2) is 10.2. The molecule has 1 aromatic heterocycles. The van der Waals surface area contributed by atoms with Gasteiger partial charge in [0.1, 0.15) is 17.1 Å². The molecule has 8 nitrogen and oxygen atoms in total. The summed E-state index contributed by atoms with van der Waals surface area (Å²) in [7, 11) is 1.64. The number of aromatic nitrogens is 2. The molecule has 1 amide bonds. The van der Waals surface area contributed by atoms with Gasteiger partial charge in [-0.25, -0.2) is 0 Å². The number of hydrogen-bond acceptors (Lipinski definition) is 7. The van der Waals surface area contributed by atoms with Crippen LogP contribution >= 0.6 is 15.9 Å². The highest BCUT2D eigenvalue weighted by Gasteiger charge is 2.36. The van der Waals surface area contributed by atoms with E-state index in [4.69, 9.17) is 14.0 Å². The number of amides is 1. The van der Waals surface area contributed by atoms with Crippen molar-refractivity contribution in [3.05, 3.63) is 58.4 Å². The van der Waals surface area contributed by atoms with Gasteiger partial charge in [-0.1, -0.05) is 33.2 Å². The van der Waals surface area contributed by atoms with E-state index in [1.54, 1.807) is 7.11 Å². The zero-order valence-corrected chi connectivity index (χ0v) is 22.4. The van der Waals surface area contributed by atoms with Crippen molar-refractivity contribution in [1.29, 1.82) is 0 Å². The van der Waals surface area contributed by atoms with E-state index in [0.29, 0.717) is 31.2 Å². The molecular formula is C27H31BrN4O4. The Morgan fingerprint density at radius 1 is 1.28 bits per heavy atom. The van der Waals surface area contributed by atoms with Gasteiger partial charge >= 0.3 is 0 Å². The molecule has 0 spiro atoms. The molecule has 0 bridgehead atoms. The van der Waals surface area contributed by atoms with Crippen molar-refractivity contribution in [3.63, 3.8) is 0 Å². The third-order valence-electron chi connectivity index (χ3n) is 6.78. The second-order valence-electron chi connectivity index (χ2n) is 10.1. The van der Waals surface area contributed by atoms with Crippen molar-refractivity contribution < 1.29 is 18.8 Å². The Balaban J connectivity index is 1.23. The number of carbonyl (C=O) groups is 1. The molecule has 190 valence electrons. The van der Waals surface area contributed by atoms with Crippen LogP contribution in [0.5, 0.6) is 11.5 Å². The summed E-state index contributed by atoms with van der Waals surface area (Å²) in [5, 5.41) is 7.45. The van der Waals surface area contributed by atoms with Crippen LogP contribution in [0.15, 0.2) is 51.5 Å². The Kier molecular flexibility index (Phi) is 7.03. The van der Waals surface area contributed by atoms with E-state index >= 15 is 0 Å². The van der Waals surface area contributed by atoms with Gasteiger partial charge in [0.2, 0.25) is 17.6 Å². The SMILES string of the molecule is COc1ccc2c(c1)OC(C)(C)CC2NC(=O)C1CCCN(Cc2nc(-c3cccc(Br)c3)no2)C1. The molecule has 2 unspecified atom stereocenters. The topological polar surface area (TPSA) is 89.7 Å². The number of ether oxygens (including phenoxy) is 2. The summed E-state index contributed by atoms with van der Waals surface area (Å²) in [6, 6.07) is 13.5. The standard InChI is InChI=1S/C27H31BrN4O4/c1-27(2)14-22(21-10-9-20(34-3)13-23(21)35-27)29-26(33)18-7-5-11-32(15-18)16-24-30-25(31-36-24)17-6-4-8-19(28)12-17/h4,6,8-10,12-13,18,22H,5,7,11,14-16H2,1-3H3,(H,29,33). The minimum Gasteiger partial charge on any atom is -0.497 e. The van der Waals surface area contributed by atoms with Crippen molar-refractivity contribution in [2.24, 2.45) is 5.92 Å². The molecular weight excluding hydrogens is 524 g/mol. The van der Waals surface area contributed by atoms with Gasteiger partial charge in [-0.05, 0) is 57.5 Å². The molecule has 2 aliphatic heterocycles. The maximum Gasteiger partial charge on any atom is 0.241 e. The Morgan fingerprint density at radius 2 is 2.14 bits per heavy atom. The minimum atomic E-state index is -0.389. The Morgan fingerprint density at radius 3 is 2.94 bits per heavy atom. The van der Waals surface area contributed by atoms with Crippen LogP contribution in [-0.4, -0.2) is 46.7 Å². The molecule has 1 saturated heterocycles. The molecule has 1 N–H and O–H groups in total.